The Morgan fingerprint density at radius 3 is 2.71 bits per heavy atom. The fourth-order valence-corrected chi connectivity index (χ4v) is 3.85. The number of primary amides is 1. The van der Waals surface area contributed by atoms with E-state index >= 15 is 0 Å². The predicted octanol–water partition coefficient (Wildman–Crippen LogP) is 3.89. The van der Waals surface area contributed by atoms with Crippen LogP contribution in [0.1, 0.15) is 27.5 Å². The van der Waals surface area contributed by atoms with Gasteiger partial charge in [0.15, 0.2) is 11.6 Å². The minimum Gasteiger partial charge on any atom is -0.373 e. The second kappa shape index (κ2) is 5.88. The number of halogens is 2. The molecular formula is C21H14F2N4O. The lowest BCUT2D eigenvalue weighted by Crippen LogP contribution is -2.14. The number of rotatable bonds is 2. The first-order valence-electron chi connectivity index (χ1n) is 8.66. The molecule has 2 aromatic heterocycles. The first-order valence-corrected chi connectivity index (χ1v) is 8.66. The Morgan fingerprint density at radius 1 is 1.07 bits per heavy atom. The van der Waals surface area contributed by atoms with Crippen LogP contribution >= 0.6 is 0 Å². The van der Waals surface area contributed by atoms with Crippen LogP contribution in [-0.4, -0.2) is 15.5 Å². The van der Waals surface area contributed by atoms with Gasteiger partial charge in [-0.05, 0) is 18.2 Å². The van der Waals surface area contributed by atoms with E-state index in [2.05, 4.69) is 10.4 Å². The van der Waals surface area contributed by atoms with E-state index in [0.29, 0.717) is 22.3 Å². The number of nitrogens with one attached hydrogen (secondary N) is 1. The van der Waals surface area contributed by atoms with Crippen LogP contribution in [0.2, 0.25) is 0 Å². The molecule has 4 aromatic rings. The summed E-state index contributed by atoms with van der Waals surface area (Å²) in [5.74, 6) is -2.45. The van der Waals surface area contributed by atoms with E-state index in [0.717, 1.165) is 11.6 Å². The van der Waals surface area contributed by atoms with Gasteiger partial charge in [0.1, 0.15) is 0 Å². The lowest BCUT2D eigenvalue weighted by Gasteiger charge is -2.20. The van der Waals surface area contributed by atoms with Gasteiger partial charge >= 0.3 is 0 Å². The summed E-state index contributed by atoms with van der Waals surface area (Å²) in [4.78, 5) is 12.1. The third-order valence-corrected chi connectivity index (χ3v) is 5.08. The second-order valence-electron chi connectivity index (χ2n) is 6.63. The quantitative estimate of drug-likeness (QED) is 0.557. The molecule has 0 spiro atoms. The summed E-state index contributed by atoms with van der Waals surface area (Å²) in [6.45, 7) is 0. The average molecular weight is 376 g/mol. The summed E-state index contributed by atoms with van der Waals surface area (Å²) in [6, 6.07) is 12.6. The van der Waals surface area contributed by atoms with Gasteiger partial charge in [-0.1, -0.05) is 30.3 Å². The van der Waals surface area contributed by atoms with E-state index in [9.17, 15) is 13.6 Å². The van der Waals surface area contributed by atoms with Crippen molar-refractivity contribution in [3.8, 4) is 11.1 Å². The Labute approximate surface area is 158 Å². The molecule has 1 aliphatic heterocycles. The summed E-state index contributed by atoms with van der Waals surface area (Å²) in [7, 11) is 0. The molecule has 0 radical (unpaired) electrons. The molecular weight excluding hydrogens is 362 g/mol. The highest BCUT2D eigenvalue weighted by atomic mass is 19.2. The first-order chi connectivity index (χ1) is 13.6. The number of benzene rings is 2. The minimum absolute atomic E-state index is 0.167. The SMILES string of the molecule is NC(=O)c1cnn2ccc3c2c1-c1ccccc1NC3c1cccc(F)c1F. The van der Waals surface area contributed by atoms with Crippen LogP contribution in [0.5, 0.6) is 0 Å². The maximum absolute atomic E-state index is 14.7. The Bertz CT molecular complexity index is 1260. The van der Waals surface area contributed by atoms with E-state index in [-0.39, 0.29) is 11.1 Å². The number of fused-ring (bicyclic) bond motifs is 2. The maximum Gasteiger partial charge on any atom is 0.251 e. The molecule has 1 atom stereocenters. The highest BCUT2D eigenvalue weighted by molar-refractivity contribution is 6.06. The topological polar surface area (TPSA) is 72.4 Å². The lowest BCUT2D eigenvalue weighted by molar-refractivity contribution is 0.100. The number of anilines is 1. The van der Waals surface area contributed by atoms with Gasteiger partial charge in [-0.15, -0.1) is 0 Å². The van der Waals surface area contributed by atoms with Crippen LogP contribution in [-0.2, 0) is 0 Å². The van der Waals surface area contributed by atoms with E-state index < -0.39 is 23.6 Å². The number of nitrogens with zero attached hydrogens (tertiary/aromatic N) is 2. The van der Waals surface area contributed by atoms with Crippen molar-refractivity contribution >= 4 is 17.1 Å². The first kappa shape index (κ1) is 16.4. The standard InChI is InChI=1S/C21H14F2N4O/c22-15-6-3-5-12(18(15)23)19-13-8-9-27-20(13)17(14(10-25-27)21(24)28)11-4-1-2-7-16(11)26-19/h1-10,19,26H,(H2,24,28). The molecule has 1 amide bonds. The van der Waals surface area contributed by atoms with Crippen molar-refractivity contribution in [2.24, 2.45) is 5.73 Å². The molecule has 5 rings (SSSR count). The third-order valence-electron chi connectivity index (χ3n) is 5.08. The van der Waals surface area contributed by atoms with Crippen molar-refractivity contribution in [1.29, 1.82) is 0 Å². The Kier molecular flexibility index (Phi) is 3.45. The van der Waals surface area contributed by atoms with Crippen LogP contribution in [0.25, 0.3) is 16.6 Å². The molecule has 28 heavy (non-hydrogen) atoms. The third kappa shape index (κ3) is 2.22. The highest BCUT2D eigenvalue weighted by Gasteiger charge is 2.30. The van der Waals surface area contributed by atoms with Crippen LogP contribution in [0, 0.1) is 11.6 Å². The molecule has 3 N–H and O–H groups in total. The number of para-hydroxylation sites is 1. The van der Waals surface area contributed by atoms with Crippen LogP contribution in [0.3, 0.4) is 0 Å². The van der Waals surface area contributed by atoms with Gasteiger partial charge in [-0.25, -0.2) is 13.3 Å². The maximum atomic E-state index is 14.7. The number of aromatic nitrogens is 2. The molecule has 1 aliphatic rings. The van der Waals surface area contributed by atoms with Gasteiger partial charge in [0, 0.05) is 34.1 Å². The van der Waals surface area contributed by atoms with Crippen molar-refractivity contribution in [3.63, 3.8) is 0 Å². The molecule has 3 heterocycles. The van der Waals surface area contributed by atoms with Gasteiger partial charge in [-0.2, -0.15) is 5.10 Å². The largest absolute Gasteiger partial charge is 0.373 e. The van der Waals surface area contributed by atoms with Crippen molar-refractivity contribution < 1.29 is 13.6 Å². The molecule has 2 aromatic carbocycles. The van der Waals surface area contributed by atoms with E-state index in [1.807, 2.05) is 24.3 Å². The highest BCUT2D eigenvalue weighted by Crippen LogP contribution is 2.44. The average Bonchev–Trinajstić information content (AvgIpc) is 3.05. The van der Waals surface area contributed by atoms with E-state index in [4.69, 9.17) is 5.73 Å². The molecule has 0 aliphatic carbocycles. The zero-order chi connectivity index (χ0) is 19.4. The van der Waals surface area contributed by atoms with Gasteiger partial charge < -0.3 is 11.1 Å². The summed E-state index contributed by atoms with van der Waals surface area (Å²) in [5.41, 5.74) is 9.37. The lowest BCUT2D eigenvalue weighted by atomic mass is 9.96. The fourth-order valence-electron chi connectivity index (χ4n) is 3.85. The van der Waals surface area contributed by atoms with Gasteiger partial charge in [-0.3, -0.25) is 4.79 Å². The molecule has 7 heteroatoms. The number of amides is 1. The fraction of sp³-hybridized carbons (Fsp3) is 0.0476. The zero-order valence-corrected chi connectivity index (χ0v) is 14.5. The molecule has 1 unspecified atom stereocenters. The summed E-state index contributed by atoms with van der Waals surface area (Å²) < 4.78 is 30.2. The van der Waals surface area contributed by atoms with Gasteiger partial charge in [0.05, 0.1) is 23.3 Å². The monoisotopic (exact) mass is 376 g/mol. The van der Waals surface area contributed by atoms with E-state index in [1.54, 1.807) is 22.8 Å². The molecule has 138 valence electrons. The summed E-state index contributed by atoms with van der Waals surface area (Å²) in [5, 5.41) is 7.57. The molecule has 0 saturated heterocycles. The Balaban J connectivity index is 1.91. The number of carbonyl (C=O) groups excluding carboxylic acids is 1. The summed E-state index contributed by atoms with van der Waals surface area (Å²) >= 11 is 0. The molecule has 0 saturated carbocycles. The zero-order valence-electron chi connectivity index (χ0n) is 14.5. The van der Waals surface area contributed by atoms with E-state index in [1.165, 1.54) is 12.3 Å². The van der Waals surface area contributed by atoms with Gasteiger partial charge in [0.25, 0.3) is 5.91 Å². The van der Waals surface area contributed by atoms with Crippen molar-refractivity contribution in [3.05, 3.63) is 89.2 Å². The van der Waals surface area contributed by atoms with Crippen molar-refractivity contribution in [2.75, 3.05) is 5.32 Å². The second-order valence-corrected chi connectivity index (χ2v) is 6.63. The predicted molar refractivity (Wildman–Crippen MR) is 101 cm³/mol. The number of hydrogen-bond donors (Lipinski definition) is 2. The van der Waals surface area contributed by atoms with Crippen molar-refractivity contribution in [1.82, 2.24) is 9.61 Å². The molecule has 0 fully saturated rings. The number of nitrogens with two attached hydrogens (primary N) is 1. The minimum atomic E-state index is -0.920. The van der Waals surface area contributed by atoms with Gasteiger partial charge in [0.2, 0.25) is 0 Å². The molecule has 0 bridgehead atoms. The number of hydrogen-bond acceptors (Lipinski definition) is 3. The van der Waals surface area contributed by atoms with Crippen LogP contribution in [0.4, 0.5) is 14.5 Å². The Morgan fingerprint density at radius 2 is 1.89 bits per heavy atom. The number of carbonyl (C=O) groups is 1. The van der Waals surface area contributed by atoms with Crippen LogP contribution < -0.4 is 11.1 Å². The summed E-state index contributed by atoms with van der Waals surface area (Å²) in [6.07, 6.45) is 3.15. The van der Waals surface area contributed by atoms with Crippen LogP contribution in [0.15, 0.2) is 60.9 Å². The normalized spacial score (nSPS) is 15.0. The Hall–Kier alpha value is -3.74. The van der Waals surface area contributed by atoms with Crippen molar-refractivity contribution in [2.45, 2.75) is 6.04 Å². The molecule has 5 nitrogen and oxygen atoms in total. The smallest absolute Gasteiger partial charge is 0.251 e.